The number of aliphatic hydroxyl groups excluding tert-OH is 2. The van der Waals surface area contributed by atoms with E-state index in [2.05, 4.69) is 13.0 Å². The standard InChI is InChI=1S/C47H64F2O10/c1-30(17-14-15-23-43(51)52)27-31(2)46-39-26-25-34(55-46)18-10-6-5-7-11-19-35(50)45(54)42-29-47(48,49)33(4)37(57-42)22-16-21-36-32(3)40-28-41(56-36)38(58-40)20-12-8-9-13-24-44(53)59-39/h6,8-13,16,19-21,24-27,30,32-42,45-46,50,54H,5,7,14-15,17-18,22-23,28-29H2,1-4H3,(H,51,52)/b9-8+,10-6+,19-11?,20-12?,21-16?,24-13?,31-27?. The highest BCUT2D eigenvalue weighted by Crippen LogP contribution is 2.42. The number of allylic oxidation sites excluding steroid dienone is 7. The average Bonchev–Trinajstić information content (AvgIpc) is 3.54. The Morgan fingerprint density at radius 2 is 1.59 bits per heavy atom. The molecular weight excluding hydrogens is 763 g/mol. The van der Waals surface area contributed by atoms with Gasteiger partial charge in [-0.15, -0.1) is 0 Å². The Hall–Kier alpha value is -3.52. The lowest BCUT2D eigenvalue weighted by molar-refractivity contribution is -0.228. The molecule has 7 bridgehead atoms. The molecule has 59 heavy (non-hydrogen) atoms. The fraction of sp³-hybridized carbons (Fsp3) is 0.617. The van der Waals surface area contributed by atoms with Crippen LogP contribution in [0.4, 0.5) is 8.78 Å². The van der Waals surface area contributed by atoms with Gasteiger partial charge in [-0.05, 0) is 63.0 Å². The summed E-state index contributed by atoms with van der Waals surface area (Å²) in [6.45, 7) is 7.54. The molecule has 0 radical (unpaired) electrons. The molecule has 0 saturated carbocycles. The van der Waals surface area contributed by atoms with Gasteiger partial charge in [-0.3, -0.25) is 4.79 Å². The van der Waals surface area contributed by atoms with E-state index in [9.17, 15) is 19.8 Å². The van der Waals surface area contributed by atoms with E-state index in [0.717, 1.165) is 24.8 Å². The number of hydrogen-bond donors (Lipinski definition) is 3. The Kier molecular flexibility index (Phi) is 17.6. The van der Waals surface area contributed by atoms with Crippen LogP contribution in [0.3, 0.4) is 0 Å². The number of aliphatic hydroxyl groups is 2. The molecule has 326 valence electrons. The van der Waals surface area contributed by atoms with E-state index in [0.29, 0.717) is 25.7 Å². The summed E-state index contributed by atoms with van der Waals surface area (Å²) in [5, 5.41) is 30.7. The van der Waals surface area contributed by atoms with Crippen LogP contribution in [-0.4, -0.2) is 100 Å². The molecule has 14 atom stereocenters. The highest BCUT2D eigenvalue weighted by Gasteiger charge is 2.51. The summed E-state index contributed by atoms with van der Waals surface area (Å²) in [5.74, 6) is -5.28. The Balaban J connectivity index is 1.30. The maximum absolute atomic E-state index is 15.2. The molecular formula is C47H64F2O10. The van der Waals surface area contributed by atoms with Crippen LogP contribution < -0.4 is 0 Å². The molecule has 3 N–H and O–H groups in total. The second-order valence-electron chi connectivity index (χ2n) is 16.7. The Morgan fingerprint density at radius 3 is 2.39 bits per heavy atom. The molecule has 6 rings (SSSR count). The van der Waals surface area contributed by atoms with Gasteiger partial charge in [-0.2, -0.15) is 0 Å². The second-order valence-corrected chi connectivity index (χ2v) is 16.7. The van der Waals surface area contributed by atoms with E-state index < -0.39 is 66.8 Å². The van der Waals surface area contributed by atoms with Crippen molar-refractivity contribution >= 4 is 11.9 Å². The average molecular weight is 827 g/mol. The number of ether oxygens (including phenoxy) is 5. The number of aliphatic carboxylic acids is 1. The molecule has 6 aliphatic heterocycles. The molecule has 3 fully saturated rings. The molecule has 0 aliphatic carbocycles. The van der Waals surface area contributed by atoms with Gasteiger partial charge in [0, 0.05) is 37.2 Å². The monoisotopic (exact) mass is 826 g/mol. The summed E-state index contributed by atoms with van der Waals surface area (Å²) in [6.07, 6.45) is 24.1. The van der Waals surface area contributed by atoms with Crippen molar-refractivity contribution in [2.24, 2.45) is 17.8 Å². The van der Waals surface area contributed by atoms with Crippen LogP contribution in [-0.2, 0) is 33.3 Å². The lowest BCUT2D eigenvalue weighted by atomic mass is 9.85. The lowest BCUT2D eigenvalue weighted by Crippen LogP contribution is -2.53. The van der Waals surface area contributed by atoms with E-state index >= 15 is 8.78 Å². The van der Waals surface area contributed by atoms with Crippen molar-refractivity contribution in [3.63, 3.8) is 0 Å². The van der Waals surface area contributed by atoms with Crippen molar-refractivity contribution in [2.45, 2.75) is 165 Å². The first-order valence-electron chi connectivity index (χ1n) is 21.4. The summed E-state index contributed by atoms with van der Waals surface area (Å²) >= 11 is 0. The number of unbranched alkanes of at least 4 members (excludes halogenated alkanes) is 1. The van der Waals surface area contributed by atoms with E-state index in [4.69, 9.17) is 28.8 Å². The maximum Gasteiger partial charge on any atom is 0.331 e. The fourth-order valence-electron chi connectivity index (χ4n) is 8.37. The normalized spacial score (nSPS) is 38.7. The van der Waals surface area contributed by atoms with Crippen LogP contribution in [0, 0.1) is 17.8 Å². The number of hydrogen-bond acceptors (Lipinski definition) is 9. The molecule has 0 amide bonds. The van der Waals surface area contributed by atoms with E-state index in [1.54, 1.807) is 24.3 Å². The first kappa shape index (κ1) is 46.5. The number of fused-ring (bicyclic) bond motifs is 13. The minimum atomic E-state index is -3.08. The summed E-state index contributed by atoms with van der Waals surface area (Å²) in [4.78, 5) is 23.9. The van der Waals surface area contributed by atoms with Gasteiger partial charge >= 0.3 is 11.9 Å². The zero-order chi connectivity index (χ0) is 42.5. The topological polar surface area (TPSA) is 141 Å². The Bertz CT molecular complexity index is 1630. The summed E-state index contributed by atoms with van der Waals surface area (Å²) < 4.78 is 61.6. The van der Waals surface area contributed by atoms with Crippen molar-refractivity contribution in [2.75, 3.05) is 0 Å². The molecule has 3 saturated heterocycles. The van der Waals surface area contributed by atoms with Crippen molar-refractivity contribution in [1.29, 1.82) is 0 Å². The van der Waals surface area contributed by atoms with Gasteiger partial charge in [-0.25, -0.2) is 13.6 Å². The molecule has 6 aliphatic rings. The van der Waals surface area contributed by atoms with Crippen LogP contribution in [0.5, 0.6) is 0 Å². The van der Waals surface area contributed by atoms with Gasteiger partial charge in [0.05, 0.1) is 36.6 Å². The van der Waals surface area contributed by atoms with Crippen LogP contribution in [0.15, 0.2) is 96.7 Å². The van der Waals surface area contributed by atoms with Crippen LogP contribution >= 0.6 is 0 Å². The molecule has 6 heterocycles. The highest BCUT2D eigenvalue weighted by molar-refractivity contribution is 5.82. The lowest BCUT2D eigenvalue weighted by Gasteiger charge is -2.42. The number of alkyl halides is 2. The van der Waals surface area contributed by atoms with Crippen molar-refractivity contribution < 1.29 is 57.4 Å². The van der Waals surface area contributed by atoms with E-state index in [-0.39, 0.29) is 55.2 Å². The van der Waals surface area contributed by atoms with Gasteiger partial charge in [0.25, 0.3) is 5.92 Å². The number of carboxylic acid groups (broad SMARTS) is 1. The first-order chi connectivity index (χ1) is 28.2. The number of carbonyl (C=O) groups is 2. The quantitative estimate of drug-likeness (QED) is 0.131. The predicted octanol–water partition coefficient (Wildman–Crippen LogP) is 8.07. The third kappa shape index (κ3) is 13.7. The number of esters is 1. The fourth-order valence-corrected chi connectivity index (χ4v) is 8.37. The largest absolute Gasteiger partial charge is 0.481 e. The molecule has 0 aromatic heterocycles. The molecule has 12 heteroatoms. The maximum atomic E-state index is 15.2. The summed E-state index contributed by atoms with van der Waals surface area (Å²) in [6, 6.07) is 0. The van der Waals surface area contributed by atoms with Crippen molar-refractivity contribution in [1.82, 2.24) is 0 Å². The Morgan fingerprint density at radius 1 is 0.831 bits per heavy atom. The molecule has 0 aromatic carbocycles. The minimum absolute atomic E-state index is 0.0329. The summed E-state index contributed by atoms with van der Waals surface area (Å²) in [7, 11) is 0. The third-order valence-corrected chi connectivity index (χ3v) is 12.0. The second kappa shape index (κ2) is 22.4. The van der Waals surface area contributed by atoms with Crippen LogP contribution in [0.1, 0.15) is 91.9 Å². The Labute approximate surface area is 348 Å². The molecule has 10 nitrogen and oxygen atoms in total. The van der Waals surface area contributed by atoms with E-state index in [1.165, 1.54) is 19.1 Å². The highest BCUT2D eigenvalue weighted by atomic mass is 19.3. The van der Waals surface area contributed by atoms with E-state index in [1.807, 2.05) is 62.5 Å². The van der Waals surface area contributed by atoms with Crippen LogP contribution in [0.2, 0.25) is 0 Å². The number of halogens is 2. The van der Waals surface area contributed by atoms with Crippen molar-refractivity contribution in [3.05, 3.63) is 96.7 Å². The first-order valence-corrected chi connectivity index (χ1v) is 21.4. The zero-order valence-corrected chi connectivity index (χ0v) is 34.8. The number of carbonyl (C=O) groups excluding carboxylic acids is 1. The third-order valence-electron chi connectivity index (χ3n) is 12.0. The van der Waals surface area contributed by atoms with Crippen molar-refractivity contribution in [3.8, 4) is 0 Å². The van der Waals surface area contributed by atoms with Gasteiger partial charge in [0.2, 0.25) is 0 Å². The van der Waals surface area contributed by atoms with Gasteiger partial charge in [-0.1, -0.05) is 106 Å². The molecule has 0 aromatic rings. The zero-order valence-electron chi connectivity index (χ0n) is 34.8. The van der Waals surface area contributed by atoms with Gasteiger partial charge in [0.15, 0.2) is 6.10 Å². The summed E-state index contributed by atoms with van der Waals surface area (Å²) in [5.41, 5.74) is 0.917. The molecule has 0 spiro atoms. The van der Waals surface area contributed by atoms with Gasteiger partial charge in [0.1, 0.15) is 24.4 Å². The predicted molar refractivity (Wildman–Crippen MR) is 221 cm³/mol. The minimum Gasteiger partial charge on any atom is -0.481 e. The smallest absolute Gasteiger partial charge is 0.331 e. The number of carboxylic acids is 1. The van der Waals surface area contributed by atoms with Crippen LogP contribution in [0.25, 0.3) is 0 Å². The van der Waals surface area contributed by atoms with Gasteiger partial charge < -0.3 is 39.0 Å². The molecule has 14 unspecified atom stereocenters. The SMILES string of the molecule is CC(=CC(C)CCCCC(=O)O)C1OC2C=CC1OC(=O)C=C/C=C/C=CC1OC3CC1OC(C=CCC1OC(CC(F)(F)C1C)C(O)C(O)C=CCC/C=C/C2)C3C. The number of rotatable bonds is 7.